The third kappa shape index (κ3) is 4.59. The van der Waals surface area contributed by atoms with Gasteiger partial charge in [0.25, 0.3) is 5.91 Å². The fraction of sp³-hybridized carbons (Fsp3) is 0.318. The maximum Gasteiger partial charge on any atom is 0.260 e. The molecular formula is C22H22FN3O3S. The third-order valence-corrected chi connectivity index (χ3v) is 6.21. The van der Waals surface area contributed by atoms with E-state index in [0.29, 0.717) is 29.4 Å². The van der Waals surface area contributed by atoms with Crippen molar-refractivity contribution >= 4 is 17.2 Å². The van der Waals surface area contributed by atoms with Crippen LogP contribution in [0, 0.1) is 5.82 Å². The van der Waals surface area contributed by atoms with Gasteiger partial charge in [-0.15, -0.1) is 10.2 Å². The van der Waals surface area contributed by atoms with E-state index in [0.717, 1.165) is 23.6 Å². The molecule has 1 amide bonds. The van der Waals surface area contributed by atoms with Crippen LogP contribution < -0.4 is 9.47 Å². The van der Waals surface area contributed by atoms with Crippen molar-refractivity contribution in [2.45, 2.75) is 18.8 Å². The molecule has 0 N–H and O–H groups in total. The molecule has 0 aliphatic carbocycles. The minimum absolute atomic E-state index is 0.0182. The maximum atomic E-state index is 14.0. The van der Waals surface area contributed by atoms with Gasteiger partial charge in [0, 0.05) is 24.6 Å². The molecule has 8 heteroatoms. The van der Waals surface area contributed by atoms with E-state index in [1.54, 1.807) is 49.6 Å². The Hall–Kier alpha value is -3.00. The largest absolute Gasteiger partial charge is 0.497 e. The fourth-order valence-corrected chi connectivity index (χ4v) is 4.45. The number of aromatic nitrogens is 2. The SMILES string of the molecule is COc1ccc(OCC(=O)N2CCCC(c3nnc(-c4ccccc4F)s3)C2)cc1. The average Bonchev–Trinajstić information content (AvgIpc) is 3.28. The van der Waals surface area contributed by atoms with Crippen LogP contribution in [0.1, 0.15) is 23.8 Å². The van der Waals surface area contributed by atoms with Gasteiger partial charge >= 0.3 is 0 Å². The van der Waals surface area contributed by atoms with Crippen molar-refractivity contribution in [3.63, 3.8) is 0 Å². The molecule has 1 saturated heterocycles. The minimum Gasteiger partial charge on any atom is -0.497 e. The molecule has 0 radical (unpaired) electrons. The third-order valence-electron chi connectivity index (χ3n) is 5.09. The minimum atomic E-state index is -0.309. The average molecular weight is 428 g/mol. The summed E-state index contributed by atoms with van der Waals surface area (Å²) in [7, 11) is 1.60. The Morgan fingerprint density at radius 1 is 1.17 bits per heavy atom. The van der Waals surface area contributed by atoms with Crippen molar-refractivity contribution in [1.82, 2.24) is 15.1 Å². The Morgan fingerprint density at radius 3 is 2.70 bits per heavy atom. The molecule has 0 spiro atoms. The molecule has 30 heavy (non-hydrogen) atoms. The topological polar surface area (TPSA) is 64.6 Å². The molecule has 1 aliphatic heterocycles. The quantitative estimate of drug-likeness (QED) is 0.592. The zero-order valence-corrected chi connectivity index (χ0v) is 17.4. The van der Waals surface area contributed by atoms with Gasteiger partial charge in [-0.05, 0) is 49.2 Å². The number of carbonyl (C=O) groups is 1. The summed E-state index contributed by atoms with van der Waals surface area (Å²) in [6, 6.07) is 13.7. The van der Waals surface area contributed by atoms with Gasteiger partial charge in [-0.2, -0.15) is 0 Å². The summed E-state index contributed by atoms with van der Waals surface area (Å²) in [4.78, 5) is 14.4. The summed E-state index contributed by atoms with van der Waals surface area (Å²) in [5.41, 5.74) is 0.456. The lowest BCUT2D eigenvalue weighted by Gasteiger charge is -2.31. The highest BCUT2D eigenvalue weighted by molar-refractivity contribution is 7.14. The Balaban J connectivity index is 1.37. The smallest absolute Gasteiger partial charge is 0.260 e. The first kappa shape index (κ1) is 20.3. The number of benzene rings is 2. The highest BCUT2D eigenvalue weighted by Gasteiger charge is 2.28. The van der Waals surface area contributed by atoms with E-state index < -0.39 is 0 Å². The highest BCUT2D eigenvalue weighted by Crippen LogP contribution is 2.33. The van der Waals surface area contributed by atoms with Gasteiger partial charge in [0.15, 0.2) is 11.6 Å². The van der Waals surface area contributed by atoms with Crippen molar-refractivity contribution in [2.75, 3.05) is 26.8 Å². The second-order valence-corrected chi connectivity index (χ2v) is 8.08. The number of likely N-dealkylation sites (tertiary alicyclic amines) is 1. The molecule has 1 unspecified atom stereocenters. The van der Waals surface area contributed by atoms with Crippen molar-refractivity contribution < 1.29 is 18.7 Å². The van der Waals surface area contributed by atoms with Crippen LogP contribution in [0.2, 0.25) is 0 Å². The van der Waals surface area contributed by atoms with E-state index in [1.165, 1.54) is 17.4 Å². The summed E-state index contributed by atoms with van der Waals surface area (Å²) in [6.07, 6.45) is 1.81. The first-order valence-corrected chi connectivity index (χ1v) is 10.6. The van der Waals surface area contributed by atoms with E-state index in [2.05, 4.69) is 10.2 Å². The number of amides is 1. The number of carbonyl (C=O) groups excluding carboxylic acids is 1. The van der Waals surface area contributed by atoms with Gasteiger partial charge in [0.05, 0.1) is 7.11 Å². The Bertz CT molecular complexity index is 1010. The molecule has 2 heterocycles. The van der Waals surface area contributed by atoms with Crippen LogP contribution in [0.25, 0.3) is 10.6 Å². The standard InChI is InChI=1S/C22H22FN3O3S/c1-28-16-8-10-17(11-9-16)29-14-20(27)26-12-4-5-15(13-26)21-24-25-22(30-21)18-6-2-3-7-19(18)23/h2-3,6-11,15H,4-5,12-14H2,1H3. The summed E-state index contributed by atoms with van der Waals surface area (Å²) < 4.78 is 24.8. The zero-order chi connectivity index (χ0) is 20.9. The van der Waals surface area contributed by atoms with Gasteiger partial charge in [0.2, 0.25) is 0 Å². The number of hydrogen-bond donors (Lipinski definition) is 0. The van der Waals surface area contributed by atoms with E-state index >= 15 is 0 Å². The van der Waals surface area contributed by atoms with Gasteiger partial charge < -0.3 is 14.4 Å². The maximum absolute atomic E-state index is 14.0. The molecule has 0 bridgehead atoms. The first-order valence-electron chi connectivity index (χ1n) is 9.77. The van der Waals surface area contributed by atoms with Gasteiger partial charge in [-0.25, -0.2) is 4.39 Å². The number of nitrogens with zero attached hydrogens (tertiary/aromatic N) is 3. The normalized spacial score (nSPS) is 16.3. The van der Waals surface area contributed by atoms with E-state index in [9.17, 15) is 9.18 Å². The molecule has 4 rings (SSSR count). The summed E-state index contributed by atoms with van der Waals surface area (Å²) in [5, 5.41) is 9.85. The van der Waals surface area contributed by atoms with Crippen LogP contribution in [-0.2, 0) is 4.79 Å². The van der Waals surface area contributed by atoms with E-state index in [4.69, 9.17) is 9.47 Å². The molecule has 1 atom stereocenters. The Labute approximate surface area is 178 Å². The van der Waals surface area contributed by atoms with Gasteiger partial charge in [-0.3, -0.25) is 4.79 Å². The fourth-order valence-electron chi connectivity index (χ4n) is 3.46. The summed E-state index contributed by atoms with van der Waals surface area (Å²) in [6.45, 7) is 1.24. The number of methoxy groups -OCH3 is 1. The molecule has 0 saturated carbocycles. The Morgan fingerprint density at radius 2 is 1.93 bits per heavy atom. The van der Waals surface area contributed by atoms with Crippen LogP contribution in [0.15, 0.2) is 48.5 Å². The zero-order valence-electron chi connectivity index (χ0n) is 16.6. The lowest BCUT2D eigenvalue weighted by atomic mass is 9.99. The molecule has 2 aromatic carbocycles. The van der Waals surface area contributed by atoms with Crippen molar-refractivity contribution in [2.24, 2.45) is 0 Å². The predicted molar refractivity (Wildman–Crippen MR) is 112 cm³/mol. The van der Waals surface area contributed by atoms with Crippen LogP contribution in [0.5, 0.6) is 11.5 Å². The second kappa shape index (κ2) is 9.21. The summed E-state index contributed by atoms with van der Waals surface area (Å²) in [5.74, 6) is 1.09. The molecule has 1 aliphatic rings. The lowest BCUT2D eigenvalue weighted by molar-refractivity contribution is -0.134. The van der Waals surface area contributed by atoms with Crippen molar-refractivity contribution in [1.29, 1.82) is 0 Å². The number of rotatable bonds is 6. The molecule has 1 aromatic heterocycles. The van der Waals surface area contributed by atoms with Crippen LogP contribution in [0.4, 0.5) is 4.39 Å². The van der Waals surface area contributed by atoms with Gasteiger partial charge in [-0.1, -0.05) is 23.5 Å². The molecule has 1 fully saturated rings. The number of ether oxygens (including phenoxy) is 2. The van der Waals surface area contributed by atoms with Crippen molar-refractivity contribution in [3.05, 3.63) is 59.4 Å². The number of piperidine rings is 1. The van der Waals surface area contributed by atoms with Crippen LogP contribution in [-0.4, -0.2) is 47.8 Å². The first-order chi connectivity index (χ1) is 14.6. The number of halogens is 1. The second-order valence-electron chi connectivity index (χ2n) is 7.07. The summed E-state index contributed by atoms with van der Waals surface area (Å²) >= 11 is 1.39. The highest BCUT2D eigenvalue weighted by atomic mass is 32.1. The molecule has 3 aromatic rings. The lowest BCUT2D eigenvalue weighted by Crippen LogP contribution is -2.41. The van der Waals surface area contributed by atoms with Crippen LogP contribution in [0.3, 0.4) is 0 Å². The van der Waals surface area contributed by atoms with E-state index in [-0.39, 0.29) is 24.2 Å². The van der Waals surface area contributed by atoms with Crippen LogP contribution >= 0.6 is 11.3 Å². The molecule has 6 nitrogen and oxygen atoms in total. The Kier molecular flexibility index (Phi) is 6.23. The number of hydrogen-bond acceptors (Lipinski definition) is 6. The van der Waals surface area contributed by atoms with E-state index in [1.807, 2.05) is 4.90 Å². The monoisotopic (exact) mass is 427 g/mol. The van der Waals surface area contributed by atoms with Gasteiger partial charge in [0.1, 0.15) is 22.3 Å². The molecular weight excluding hydrogens is 405 g/mol. The van der Waals surface area contributed by atoms with Crippen molar-refractivity contribution in [3.8, 4) is 22.1 Å². The predicted octanol–water partition coefficient (Wildman–Crippen LogP) is 4.14. The molecule has 156 valence electrons.